The number of hydrogen-bond donors (Lipinski definition) is 2. The van der Waals surface area contributed by atoms with E-state index >= 15 is 0 Å². The molecule has 3 N–H and O–H groups in total. The van der Waals surface area contributed by atoms with Crippen LogP contribution >= 0.6 is 0 Å². The van der Waals surface area contributed by atoms with Crippen molar-refractivity contribution in [2.45, 2.75) is 45.3 Å². The molecule has 2 heterocycles. The largest absolute Gasteiger partial charge is 0.457 e. The minimum absolute atomic E-state index is 0.0960. The van der Waals surface area contributed by atoms with Crippen LogP contribution in [0.25, 0.3) is 10.9 Å². The summed E-state index contributed by atoms with van der Waals surface area (Å²) in [5.41, 5.74) is 6.93. The van der Waals surface area contributed by atoms with Crippen LogP contribution < -0.4 is 21.3 Å². The zero-order chi connectivity index (χ0) is 23.2. The number of para-hydroxylation sites is 1. The van der Waals surface area contributed by atoms with Crippen molar-refractivity contribution >= 4 is 16.8 Å². The normalized spacial score (nSPS) is 15.3. The number of nitrogens with two attached hydrogens (primary N) is 1. The third kappa shape index (κ3) is 5.80. The molecule has 174 valence electrons. The van der Waals surface area contributed by atoms with Crippen LogP contribution in [0.15, 0.2) is 59.4 Å². The third-order valence-corrected chi connectivity index (χ3v) is 6.08. The SMILES string of the molecule is C[C@H](N)C(=O)NCc1cc2ccc(Oc3ccccc3)cc2n(CCN2CCCCC2)c1=O. The Balaban J connectivity index is 1.66. The standard InChI is InChI=1S/C26H32N4O3/c1-19(27)25(31)28-18-21-16-20-10-11-23(33-22-8-4-2-5-9-22)17-24(20)30(26(21)32)15-14-29-12-6-3-7-13-29/h2,4-5,8-11,16-17,19H,3,6-7,12-15,18,27H2,1H3,(H,28,31)/t19-/m0/s1. The van der Waals surface area contributed by atoms with E-state index in [4.69, 9.17) is 10.5 Å². The Morgan fingerprint density at radius 2 is 1.79 bits per heavy atom. The van der Waals surface area contributed by atoms with E-state index in [1.54, 1.807) is 6.92 Å². The van der Waals surface area contributed by atoms with Gasteiger partial charge in [0.1, 0.15) is 11.5 Å². The molecule has 1 atom stereocenters. The molecule has 1 aliphatic heterocycles. The van der Waals surface area contributed by atoms with Gasteiger partial charge < -0.3 is 25.3 Å². The van der Waals surface area contributed by atoms with E-state index in [1.807, 2.05) is 59.2 Å². The predicted molar refractivity (Wildman–Crippen MR) is 131 cm³/mol. The van der Waals surface area contributed by atoms with Crippen LogP contribution in [0, 0.1) is 0 Å². The van der Waals surface area contributed by atoms with E-state index < -0.39 is 6.04 Å². The van der Waals surface area contributed by atoms with Gasteiger partial charge in [-0.1, -0.05) is 24.6 Å². The second-order valence-electron chi connectivity index (χ2n) is 8.67. The lowest BCUT2D eigenvalue weighted by molar-refractivity contribution is -0.122. The fourth-order valence-corrected chi connectivity index (χ4v) is 4.22. The molecule has 0 unspecified atom stereocenters. The molecule has 3 aromatic rings. The first kappa shape index (κ1) is 23.0. The van der Waals surface area contributed by atoms with Gasteiger partial charge in [0.25, 0.3) is 5.56 Å². The average molecular weight is 449 g/mol. The number of aromatic nitrogens is 1. The number of benzene rings is 2. The number of hydrogen-bond acceptors (Lipinski definition) is 5. The molecule has 4 rings (SSSR count). The van der Waals surface area contributed by atoms with Gasteiger partial charge in [-0.2, -0.15) is 0 Å². The molecule has 0 spiro atoms. The van der Waals surface area contributed by atoms with Crippen LogP contribution in [0.2, 0.25) is 0 Å². The topological polar surface area (TPSA) is 89.6 Å². The fraction of sp³-hybridized carbons (Fsp3) is 0.385. The summed E-state index contributed by atoms with van der Waals surface area (Å²) in [5.74, 6) is 1.15. The van der Waals surface area contributed by atoms with E-state index in [0.29, 0.717) is 17.9 Å². The van der Waals surface area contributed by atoms with Crippen LogP contribution in [-0.4, -0.2) is 41.1 Å². The highest BCUT2D eigenvalue weighted by Gasteiger charge is 2.15. The minimum atomic E-state index is -0.621. The molecule has 7 heteroatoms. The van der Waals surface area contributed by atoms with Crippen molar-refractivity contribution in [2.75, 3.05) is 19.6 Å². The van der Waals surface area contributed by atoms with Crippen molar-refractivity contribution in [3.8, 4) is 11.5 Å². The number of carbonyl (C=O) groups is 1. The zero-order valence-corrected chi connectivity index (χ0v) is 19.1. The smallest absolute Gasteiger partial charge is 0.256 e. The summed E-state index contributed by atoms with van der Waals surface area (Å²) in [6.45, 7) is 5.31. The van der Waals surface area contributed by atoms with Crippen molar-refractivity contribution in [3.63, 3.8) is 0 Å². The number of rotatable bonds is 8. The lowest BCUT2D eigenvalue weighted by Gasteiger charge is -2.27. The predicted octanol–water partition coefficient (Wildman–Crippen LogP) is 3.24. The van der Waals surface area contributed by atoms with Gasteiger partial charge in [0.05, 0.1) is 11.6 Å². The van der Waals surface area contributed by atoms with Gasteiger partial charge in [0, 0.05) is 31.3 Å². The van der Waals surface area contributed by atoms with Gasteiger partial charge in [-0.25, -0.2) is 0 Å². The monoisotopic (exact) mass is 448 g/mol. The lowest BCUT2D eigenvalue weighted by Crippen LogP contribution is -2.40. The number of piperidine rings is 1. The summed E-state index contributed by atoms with van der Waals surface area (Å²) in [7, 11) is 0. The van der Waals surface area contributed by atoms with E-state index in [1.165, 1.54) is 19.3 Å². The molecule has 1 amide bonds. The molecule has 7 nitrogen and oxygen atoms in total. The van der Waals surface area contributed by atoms with Gasteiger partial charge in [0.2, 0.25) is 5.91 Å². The zero-order valence-electron chi connectivity index (χ0n) is 19.1. The van der Waals surface area contributed by atoms with Gasteiger partial charge in [-0.3, -0.25) is 9.59 Å². The van der Waals surface area contributed by atoms with E-state index in [9.17, 15) is 9.59 Å². The van der Waals surface area contributed by atoms with Crippen molar-refractivity contribution < 1.29 is 9.53 Å². The number of carbonyl (C=O) groups excluding carboxylic acids is 1. The molecule has 1 aromatic heterocycles. The second-order valence-corrected chi connectivity index (χ2v) is 8.67. The first-order valence-corrected chi connectivity index (χ1v) is 11.7. The molecular weight excluding hydrogens is 416 g/mol. The van der Waals surface area contributed by atoms with Crippen LogP contribution in [0.1, 0.15) is 31.7 Å². The van der Waals surface area contributed by atoms with Gasteiger partial charge >= 0.3 is 0 Å². The van der Waals surface area contributed by atoms with Crippen LogP contribution in [0.4, 0.5) is 0 Å². The number of likely N-dealkylation sites (tertiary alicyclic amines) is 1. The third-order valence-electron chi connectivity index (χ3n) is 6.08. The van der Waals surface area contributed by atoms with Crippen molar-refractivity contribution in [1.82, 2.24) is 14.8 Å². The number of nitrogens with one attached hydrogen (secondary N) is 1. The molecule has 0 bridgehead atoms. The van der Waals surface area contributed by atoms with Gasteiger partial charge in [-0.05, 0) is 68.6 Å². The highest BCUT2D eigenvalue weighted by Crippen LogP contribution is 2.25. The molecule has 1 saturated heterocycles. The van der Waals surface area contributed by atoms with Gasteiger partial charge in [-0.15, -0.1) is 0 Å². The molecule has 0 saturated carbocycles. The first-order valence-electron chi connectivity index (χ1n) is 11.7. The number of pyridine rings is 1. The maximum atomic E-state index is 13.4. The number of amides is 1. The van der Waals surface area contributed by atoms with E-state index in [0.717, 1.165) is 36.3 Å². The molecule has 1 fully saturated rings. The molecule has 2 aromatic carbocycles. The van der Waals surface area contributed by atoms with Gasteiger partial charge in [0.15, 0.2) is 0 Å². The Kier molecular flexibility index (Phi) is 7.42. The number of nitrogens with zero attached hydrogens (tertiary/aromatic N) is 2. The summed E-state index contributed by atoms with van der Waals surface area (Å²) >= 11 is 0. The molecular formula is C26H32N4O3. The maximum absolute atomic E-state index is 13.4. The summed E-state index contributed by atoms with van der Waals surface area (Å²) < 4.78 is 7.83. The number of fused-ring (bicyclic) bond motifs is 1. The molecule has 0 radical (unpaired) electrons. The maximum Gasteiger partial charge on any atom is 0.256 e. The summed E-state index contributed by atoms with van der Waals surface area (Å²) in [5, 5.41) is 3.70. The quantitative estimate of drug-likeness (QED) is 0.552. The Labute approximate surface area is 194 Å². The van der Waals surface area contributed by atoms with Crippen LogP contribution in [0.5, 0.6) is 11.5 Å². The Morgan fingerprint density at radius 1 is 1.03 bits per heavy atom. The summed E-state index contributed by atoms with van der Waals surface area (Å²) in [4.78, 5) is 27.8. The fourth-order valence-electron chi connectivity index (χ4n) is 4.22. The number of ether oxygens (including phenoxy) is 1. The summed E-state index contributed by atoms with van der Waals surface area (Å²) in [6.07, 6.45) is 3.68. The lowest BCUT2D eigenvalue weighted by atomic mass is 10.1. The Morgan fingerprint density at radius 3 is 2.52 bits per heavy atom. The molecule has 0 aliphatic carbocycles. The Bertz CT molecular complexity index is 1150. The second kappa shape index (κ2) is 10.6. The van der Waals surface area contributed by atoms with Crippen molar-refractivity contribution in [3.05, 3.63) is 70.5 Å². The van der Waals surface area contributed by atoms with E-state index in [-0.39, 0.29) is 18.0 Å². The highest BCUT2D eigenvalue weighted by atomic mass is 16.5. The average Bonchev–Trinajstić information content (AvgIpc) is 2.83. The van der Waals surface area contributed by atoms with Crippen molar-refractivity contribution in [1.29, 1.82) is 0 Å². The van der Waals surface area contributed by atoms with Crippen LogP contribution in [-0.2, 0) is 17.9 Å². The Hall–Kier alpha value is -3.16. The summed E-state index contributed by atoms with van der Waals surface area (Å²) in [6, 6.07) is 16.6. The molecule has 1 aliphatic rings. The van der Waals surface area contributed by atoms with E-state index in [2.05, 4.69) is 10.2 Å². The molecule has 33 heavy (non-hydrogen) atoms. The first-order chi connectivity index (χ1) is 16.0. The van der Waals surface area contributed by atoms with Crippen LogP contribution in [0.3, 0.4) is 0 Å². The van der Waals surface area contributed by atoms with Crippen molar-refractivity contribution in [2.24, 2.45) is 5.73 Å². The minimum Gasteiger partial charge on any atom is -0.457 e. The highest BCUT2D eigenvalue weighted by molar-refractivity contribution is 5.82.